The number of methoxy groups -OCH3 is 3. The van der Waals surface area contributed by atoms with E-state index in [1.807, 2.05) is 0 Å². The monoisotopic (exact) mass is 367 g/mol. The number of halogens is 1. The highest BCUT2D eigenvalue weighted by atomic mass is 32.2. The maximum absolute atomic E-state index is 14.1. The Bertz CT molecular complexity index is 792. The van der Waals surface area contributed by atoms with E-state index in [9.17, 15) is 14.0 Å². The van der Waals surface area contributed by atoms with E-state index in [2.05, 4.69) is 20.3 Å². The first-order valence-electron chi connectivity index (χ1n) is 6.80. The van der Waals surface area contributed by atoms with Crippen LogP contribution in [-0.4, -0.2) is 44.6 Å². The Labute approximate surface area is 146 Å². The molecule has 1 heterocycles. The van der Waals surface area contributed by atoms with Gasteiger partial charge in [-0.15, -0.1) is 5.10 Å². The third kappa shape index (κ3) is 4.57. The van der Waals surface area contributed by atoms with E-state index < -0.39 is 17.7 Å². The summed E-state index contributed by atoms with van der Waals surface area (Å²) in [5.74, 6) is -1.25. The fourth-order valence-electron chi connectivity index (χ4n) is 1.76. The van der Waals surface area contributed by atoms with E-state index in [0.29, 0.717) is 5.75 Å². The van der Waals surface area contributed by atoms with Crippen molar-refractivity contribution in [3.05, 3.63) is 34.5 Å². The van der Waals surface area contributed by atoms with E-state index >= 15 is 0 Å². The number of carbonyl (C=O) groups excluding carboxylic acids is 2. The third-order valence-corrected chi connectivity index (χ3v) is 3.86. The van der Waals surface area contributed by atoms with Crippen molar-refractivity contribution in [1.82, 2.24) is 5.32 Å². The number of hydrogen-bond donors (Lipinski definition) is 1. The molecule has 1 saturated heterocycles. The minimum absolute atomic E-state index is 0.0762. The number of rotatable bonds is 5. The van der Waals surface area contributed by atoms with Crippen molar-refractivity contribution in [2.45, 2.75) is 0 Å². The average molecular weight is 367 g/mol. The Morgan fingerprint density at radius 1 is 1.28 bits per heavy atom. The van der Waals surface area contributed by atoms with Gasteiger partial charge in [0.1, 0.15) is 17.3 Å². The molecule has 0 saturated carbocycles. The number of nitrogens with zero attached hydrogens (tertiary/aromatic N) is 2. The van der Waals surface area contributed by atoms with Crippen LogP contribution in [-0.2, 0) is 14.3 Å². The van der Waals surface area contributed by atoms with Crippen molar-refractivity contribution in [3.8, 4) is 11.5 Å². The Morgan fingerprint density at radius 2 is 2.04 bits per heavy atom. The molecule has 1 N–H and O–H groups in total. The summed E-state index contributed by atoms with van der Waals surface area (Å²) < 4.78 is 28.5. The van der Waals surface area contributed by atoms with Crippen LogP contribution >= 0.6 is 11.8 Å². The zero-order chi connectivity index (χ0) is 18.4. The van der Waals surface area contributed by atoms with Gasteiger partial charge in [-0.1, -0.05) is 0 Å². The molecule has 1 aromatic rings. The number of amides is 1. The summed E-state index contributed by atoms with van der Waals surface area (Å²) in [4.78, 5) is 22.9. The molecule has 1 aliphatic heterocycles. The summed E-state index contributed by atoms with van der Waals surface area (Å²) in [7, 11) is 3.99. The normalized spacial score (nSPS) is 17.2. The summed E-state index contributed by atoms with van der Waals surface area (Å²) >= 11 is 0.909. The van der Waals surface area contributed by atoms with Gasteiger partial charge in [-0.25, -0.2) is 9.18 Å². The maximum atomic E-state index is 14.1. The van der Waals surface area contributed by atoms with Crippen LogP contribution in [0, 0.1) is 5.82 Å². The lowest BCUT2D eigenvalue weighted by Gasteiger charge is -2.07. The summed E-state index contributed by atoms with van der Waals surface area (Å²) in [6.45, 7) is 0. The zero-order valence-corrected chi connectivity index (χ0v) is 14.3. The molecule has 0 bridgehead atoms. The molecular weight excluding hydrogens is 353 g/mol. The molecule has 0 spiro atoms. The van der Waals surface area contributed by atoms with Crippen LogP contribution in [0.3, 0.4) is 0 Å². The second kappa shape index (κ2) is 8.29. The number of carbonyl (C=O) groups is 2. The molecule has 0 aromatic heterocycles. The second-order valence-electron chi connectivity index (χ2n) is 4.46. The zero-order valence-electron chi connectivity index (χ0n) is 13.5. The molecule has 0 radical (unpaired) electrons. The molecule has 8 nitrogen and oxygen atoms in total. The number of hydrogen-bond acceptors (Lipinski definition) is 8. The molecule has 25 heavy (non-hydrogen) atoms. The summed E-state index contributed by atoms with van der Waals surface area (Å²) in [5.41, 5.74) is 0.0762. The molecule has 1 fully saturated rings. The second-order valence-corrected chi connectivity index (χ2v) is 5.49. The average Bonchev–Trinajstić information content (AvgIpc) is 2.95. The molecule has 132 valence electrons. The Morgan fingerprint density at radius 3 is 2.68 bits per heavy atom. The van der Waals surface area contributed by atoms with Gasteiger partial charge < -0.3 is 14.2 Å². The van der Waals surface area contributed by atoms with Crippen molar-refractivity contribution < 1.29 is 28.2 Å². The number of nitrogens with one attached hydrogen (secondary N) is 1. The number of benzene rings is 1. The Balaban J connectivity index is 2.19. The highest BCUT2D eigenvalue weighted by Gasteiger charge is 2.25. The Kier molecular flexibility index (Phi) is 6.12. The van der Waals surface area contributed by atoms with Crippen LogP contribution in [0.5, 0.6) is 11.5 Å². The van der Waals surface area contributed by atoms with E-state index in [1.54, 1.807) is 0 Å². The maximum Gasteiger partial charge on any atom is 0.331 e. The lowest BCUT2D eigenvalue weighted by atomic mass is 10.2. The molecule has 1 aliphatic rings. The van der Waals surface area contributed by atoms with E-state index in [0.717, 1.165) is 24.1 Å². The van der Waals surface area contributed by atoms with Crippen LogP contribution in [0.4, 0.5) is 4.39 Å². The van der Waals surface area contributed by atoms with Gasteiger partial charge in [0.2, 0.25) is 0 Å². The molecule has 10 heteroatoms. The van der Waals surface area contributed by atoms with E-state index in [-0.39, 0.29) is 21.4 Å². The molecule has 0 aliphatic carbocycles. The van der Waals surface area contributed by atoms with E-state index in [1.165, 1.54) is 33.5 Å². The SMILES string of the molecule is COC(=O)/C=C1/S/C(=N\N=Cc2c(F)cc(OC)cc2OC)NC1=O. The van der Waals surface area contributed by atoms with Crippen LogP contribution in [0.25, 0.3) is 0 Å². The minimum Gasteiger partial charge on any atom is -0.497 e. The molecule has 2 rings (SSSR count). The lowest BCUT2D eigenvalue weighted by Crippen LogP contribution is -2.19. The predicted octanol–water partition coefficient (Wildman–Crippen LogP) is 1.45. The van der Waals surface area contributed by atoms with Gasteiger partial charge in [-0.3, -0.25) is 10.1 Å². The molecule has 0 unspecified atom stereocenters. The van der Waals surface area contributed by atoms with Gasteiger partial charge in [0, 0.05) is 18.2 Å². The predicted molar refractivity (Wildman–Crippen MR) is 90.4 cm³/mol. The van der Waals surface area contributed by atoms with Gasteiger partial charge in [-0.2, -0.15) is 5.10 Å². The van der Waals surface area contributed by atoms with Gasteiger partial charge in [-0.05, 0) is 11.8 Å². The van der Waals surface area contributed by atoms with Gasteiger partial charge in [0.15, 0.2) is 5.17 Å². The van der Waals surface area contributed by atoms with E-state index in [4.69, 9.17) is 9.47 Å². The van der Waals surface area contributed by atoms with Crippen LogP contribution in [0.1, 0.15) is 5.56 Å². The fourth-order valence-corrected chi connectivity index (χ4v) is 2.50. The summed E-state index contributed by atoms with van der Waals surface area (Å²) in [6.07, 6.45) is 2.19. The lowest BCUT2D eigenvalue weighted by molar-refractivity contribution is -0.135. The minimum atomic E-state index is -0.660. The molecule has 0 atom stereocenters. The van der Waals surface area contributed by atoms with Crippen LogP contribution in [0.2, 0.25) is 0 Å². The molecule has 1 aromatic carbocycles. The summed E-state index contributed by atoms with van der Waals surface area (Å²) in [6, 6.07) is 2.68. The quantitative estimate of drug-likeness (QED) is 0.366. The molecular formula is C15H14FN3O5S. The number of ether oxygens (including phenoxy) is 3. The molecule has 1 amide bonds. The smallest absolute Gasteiger partial charge is 0.331 e. The number of esters is 1. The highest BCUT2D eigenvalue weighted by Crippen LogP contribution is 2.27. The Hall–Kier alpha value is -2.88. The fraction of sp³-hybridized carbons (Fsp3) is 0.200. The number of amidine groups is 1. The van der Waals surface area contributed by atoms with Crippen molar-refractivity contribution in [3.63, 3.8) is 0 Å². The van der Waals surface area contributed by atoms with Crippen LogP contribution in [0.15, 0.2) is 33.3 Å². The van der Waals surface area contributed by atoms with Gasteiger partial charge in [0.05, 0.1) is 38.0 Å². The van der Waals surface area contributed by atoms with Crippen molar-refractivity contribution in [2.24, 2.45) is 10.2 Å². The van der Waals surface area contributed by atoms with Gasteiger partial charge in [0.25, 0.3) is 5.91 Å². The topological polar surface area (TPSA) is 98.6 Å². The van der Waals surface area contributed by atoms with Crippen molar-refractivity contribution in [1.29, 1.82) is 0 Å². The third-order valence-electron chi connectivity index (χ3n) is 2.96. The van der Waals surface area contributed by atoms with Crippen LogP contribution < -0.4 is 14.8 Å². The van der Waals surface area contributed by atoms with Crippen molar-refractivity contribution >= 4 is 35.0 Å². The largest absolute Gasteiger partial charge is 0.497 e. The van der Waals surface area contributed by atoms with Gasteiger partial charge >= 0.3 is 5.97 Å². The first-order valence-corrected chi connectivity index (χ1v) is 7.61. The standard InChI is InChI=1S/C15H14FN3O5S/c1-22-8-4-10(16)9(11(5-8)23-2)7-17-19-15-18-14(21)12(25-15)6-13(20)24-3/h4-7H,1-3H3,(H,18,19,21)/b12-6+,17-7?. The first kappa shape index (κ1) is 18.5. The number of thioether (sulfide) groups is 1. The highest BCUT2D eigenvalue weighted by molar-refractivity contribution is 8.18. The summed E-state index contributed by atoms with van der Waals surface area (Å²) in [5, 5.41) is 10.1. The van der Waals surface area contributed by atoms with Crippen molar-refractivity contribution in [2.75, 3.05) is 21.3 Å². The first-order chi connectivity index (χ1) is 12.0.